The van der Waals surface area contributed by atoms with E-state index in [0.29, 0.717) is 29.6 Å². The maximum Gasteiger partial charge on any atom is 0.162 e. The molecular weight excluding hydrogens is 681 g/mol. The van der Waals surface area contributed by atoms with E-state index < -0.39 is 0 Å². The lowest BCUT2D eigenvalue weighted by atomic mass is 9.69. The molecule has 0 aromatic heterocycles. The highest BCUT2D eigenvalue weighted by atomic mass is 16.5. The maximum absolute atomic E-state index is 7.22. The van der Waals surface area contributed by atoms with Crippen LogP contribution in [0.1, 0.15) is 109 Å². The molecule has 11 atom stereocenters. The standard InChI is InChI=1S/C54H62O2/c1-3-13-35(14-4-1)37-17-7-19-39(31-37)41-21-9-23-43(33-41)45-25-11-27-47-49-29-30-50-48-28-12-26-46(52(48)56-54(50)53(49)55-51(45)47)44-24-10-22-42(34-44)40-20-8-18-38(32-40)36-15-5-2-6-16-36/h3,5,7,9,11-13,15,17,21-23,25-28,32,35-39,41,44,47-48,51-52H,1-2,4,6,8,10,14,16,18-20,24,29-31,33-34H2. The lowest BCUT2D eigenvalue weighted by molar-refractivity contribution is 0.101. The first kappa shape index (κ1) is 35.4. The Bertz CT molecular complexity index is 2010. The predicted octanol–water partition coefficient (Wildman–Crippen LogP) is 13.6. The average Bonchev–Trinajstić information content (AvgIpc) is 3.86. The zero-order chi connectivity index (χ0) is 37.0. The third-order valence-corrected chi connectivity index (χ3v) is 16.1. The van der Waals surface area contributed by atoms with Crippen LogP contribution in [0.4, 0.5) is 0 Å². The van der Waals surface area contributed by atoms with Crippen molar-refractivity contribution in [2.24, 2.45) is 53.3 Å². The SMILES string of the molecule is C1=CC(C2CC=CC(C3C=CCCC3)C2)CC(C2=CC=CC3C4=C(OC23)C2=C(CC4)C3C=CC=C(C4CCC=C(C5=CC(C6C=CCCC6)CCC5)C4)C3O2)=C1. The summed E-state index contributed by atoms with van der Waals surface area (Å²) in [5.41, 5.74) is 10.7. The molecule has 2 heteroatoms. The van der Waals surface area contributed by atoms with E-state index in [0.717, 1.165) is 54.5 Å². The summed E-state index contributed by atoms with van der Waals surface area (Å²) in [5, 5.41) is 0. The largest absolute Gasteiger partial charge is 0.481 e. The van der Waals surface area contributed by atoms with Gasteiger partial charge in [-0.3, -0.25) is 0 Å². The summed E-state index contributed by atoms with van der Waals surface area (Å²) in [6, 6.07) is 0. The van der Waals surface area contributed by atoms with Gasteiger partial charge in [0.2, 0.25) is 0 Å². The zero-order valence-electron chi connectivity index (χ0n) is 33.5. The van der Waals surface area contributed by atoms with Crippen LogP contribution >= 0.6 is 0 Å². The molecule has 0 aromatic carbocycles. The number of fused-ring (bicyclic) bond motifs is 5. The molecule has 2 aliphatic heterocycles. The van der Waals surface area contributed by atoms with E-state index in [9.17, 15) is 0 Å². The number of allylic oxidation sites excluding steroid dienone is 17. The van der Waals surface area contributed by atoms with E-state index >= 15 is 0 Å². The van der Waals surface area contributed by atoms with Crippen molar-refractivity contribution in [1.82, 2.24) is 0 Å². The number of hydrogen-bond donors (Lipinski definition) is 0. The summed E-state index contributed by atoms with van der Waals surface area (Å²) < 4.78 is 14.4. The van der Waals surface area contributed by atoms with Crippen molar-refractivity contribution in [3.8, 4) is 0 Å². The summed E-state index contributed by atoms with van der Waals surface area (Å²) in [6.07, 6.45) is 63.4. The Morgan fingerprint density at radius 2 is 1.23 bits per heavy atom. The Morgan fingerprint density at radius 3 is 2.04 bits per heavy atom. The van der Waals surface area contributed by atoms with Crippen LogP contribution < -0.4 is 0 Å². The van der Waals surface area contributed by atoms with Gasteiger partial charge in [-0.1, -0.05) is 103 Å². The molecule has 11 aliphatic rings. The number of ether oxygens (including phenoxy) is 2. The topological polar surface area (TPSA) is 18.5 Å². The van der Waals surface area contributed by atoms with Gasteiger partial charge in [-0.25, -0.2) is 0 Å². The average molecular weight is 743 g/mol. The number of hydrogen-bond acceptors (Lipinski definition) is 2. The second-order valence-electron chi connectivity index (χ2n) is 19.2. The molecule has 0 N–H and O–H groups in total. The second-order valence-corrected chi connectivity index (χ2v) is 19.2. The molecule has 0 spiro atoms. The summed E-state index contributed by atoms with van der Waals surface area (Å²) in [7, 11) is 0. The Labute approximate surface area is 336 Å². The Balaban J connectivity index is 0.775. The molecule has 2 nitrogen and oxygen atoms in total. The molecule has 290 valence electrons. The van der Waals surface area contributed by atoms with Gasteiger partial charge in [0.25, 0.3) is 0 Å². The van der Waals surface area contributed by atoms with E-state index in [1.165, 1.54) is 118 Å². The predicted molar refractivity (Wildman–Crippen MR) is 229 cm³/mol. The minimum atomic E-state index is 0.0566. The van der Waals surface area contributed by atoms with E-state index in [-0.39, 0.29) is 12.2 Å². The Hall–Kier alpha value is -3.78. The smallest absolute Gasteiger partial charge is 0.162 e. The van der Waals surface area contributed by atoms with Crippen molar-refractivity contribution in [2.45, 2.75) is 121 Å². The van der Waals surface area contributed by atoms with Crippen molar-refractivity contribution < 1.29 is 9.47 Å². The molecule has 0 aromatic rings. The summed E-state index contributed by atoms with van der Waals surface area (Å²) in [5.74, 6) is 7.61. The second kappa shape index (κ2) is 15.2. The lowest BCUT2D eigenvalue weighted by Gasteiger charge is -2.36. The van der Waals surface area contributed by atoms with Crippen molar-refractivity contribution in [2.75, 3.05) is 0 Å². The van der Waals surface area contributed by atoms with Gasteiger partial charge in [0.05, 0.1) is 0 Å². The molecule has 0 amide bonds. The fourth-order valence-electron chi connectivity index (χ4n) is 13.1. The van der Waals surface area contributed by atoms with Gasteiger partial charge < -0.3 is 9.47 Å². The molecular formula is C54H62O2. The van der Waals surface area contributed by atoms with Crippen molar-refractivity contribution in [1.29, 1.82) is 0 Å². The summed E-state index contributed by atoms with van der Waals surface area (Å²) in [4.78, 5) is 0. The highest BCUT2D eigenvalue weighted by Crippen LogP contribution is 2.55. The minimum Gasteiger partial charge on any atom is -0.481 e. The normalized spacial score (nSPS) is 39.7. The molecule has 0 bridgehead atoms. The monoisotopic (exact) mass is 742 g/mol. The van der Waals surface area contributed by atoms with E-state index in [1.54, 1.807) is 11.1 Å². The highest BCUT2D eigenvalue weighted by molar-refractivity contribution is 5.54. The van der Waals surface area contributed by atoms with Crippen molar-refractivity contribution in [3.05, 3.63) is 154 Å². The number of rotatable bonds is 6. The van der Waals surface area contributed by atoms with Crippen LogP contribution in [0.25, 0.3) is 0 Å². The maximum atomic E-state index is 7.22. The van der Waals surface area contributed by atoms with Crippen LogP contribution in [-0.2, 0) is 9.47 Å². The third-order valence-electron chi connectivity index (χ3n) is 16.1. The first-order valence-electron chi connectivity index (χ1n) is 23.1. The molecule has 56 heavy (non-hydrogen) atoms. The third kappa shape index (κ3) is 6.46. The van der Waals surface area contributed by atoms with Crippen molar-refractivity contribution >= 4 is 0 Å². The van der Waals surface area contributed by atoms with Gasteiger partial charge in [-0.2, -0.15) is 0 Å². The van der Waals surface area contributed by atoms with Gasteiger partial charge in [-0.05, 0) is 190 Å². The molecule has 11 unspecified atom stereocenters. The molecule has 0 saturated heterocycles. The summed E-state index contributed by atoms with van der Waals surface area (Å²) in [6.45, 7) is 0. The first-order chi connectivity index (χ1) is 27.7. The van der Waals surface area contributed by atoms with Crippen LogP contribution in [0.5, 0.6) is 0 Å². The van der Waals surface area contributed by atoms with Crippen LogP contribution in [0.3, 0.4) is 0 Å². The zero-order valence-corrected chi connectivity index (χ0v) is 33.5. The van der Waals surface area contributed by atoms with Crippen LogP contribution in [-0.4, -0.2) is 12.2 Å². The van der Waals surface area contributed by atoms with E-state index in [2.05, 4.69) is 103 Å². The molecule has 0 radical (unpaired) electrons. The Morgan fingerprint density at radius 1 is 0.518 bits per heavy atom. The molecule has 2 heterocycles. The van der Waals surface area contributed by atoms with Gasteiger partial charge in [-0.15, -0.1) is 0 Å². The van der Waals surface area contributed by atoms with Gasteiger partial charge in [0.1, 0.15) is 12.2 Å². The quantitative estimate of drug-likeness (QED) is 0.252. The van der Waals surface area contributed by atoms with Crippen LogP contribution in [0.15, 0.2) is 154 Å². The Kier molecular flexibility index (Phi) is 9.60. The van der Waals surface area contributed by atoms with E-state index in [1.807, 2.05) is 0 Å². The highest BCUT2D eigenvalue weighted by Gasteiger charge is 2.49. The van der Waals surface area contributed by atoms with Crippen molar-refractivity contribution in [3.63, 3.8) is 0 Å². The van der Waals surface area contributed by atoms with E-state index in [4.69, 9.17) is 9.47 Å². The first-order valence-corrected chi connectivity index (χ1v) is 23.1. The lowest BCUT2D eigenvalue weighted by Crippen LogP contribution is -2.28. The molecule has 9 aliphatic carbocycles. The summed E-state index contributed by atoms with van der Waals surface area (Å²) >= 11 is 0. The molecule has 11 rings (SSSR count). The fraction of sp³-hybridized carbons (Fsp3) is 0.519. The van der Waals surface area contributed by atoms with Gasteiger partial charge in [0, 0.05) is 11.8 Å². The molecule has 0 fully saturated rings. The minimum absolute atomic E-state index is 0.0566. The molecule has 0 saturated carbocycles. The van der Waals surface area contributed by atoms with Crippen LogP contribution in [0, 0.1) is 53.3 Å². The van der Waals surface area contributed by atoms with Crippen LogP contribution in [0.2, 0.25) is 0 Å². The van der Waals surface area contributed by atoms with Gasteiger partial charge >= 0.3 is 0 Å². The van der Waals surface area contributed by atoms with Gasteiger partial charge in [0.15, 0.2) is 11.5 Å². The fourth-order valence-corrected chi connectivity index (χ4v) is 13.1.